The van der Waals surface area contributed by atoms with Crippen molar-refractivity contribution < 1.29 is 27.5 Å². The molecule has 0 saturated heterocycles. The van der Waals surface area contributed by atoms with Crippen LogP contribution in [0.2, 0.25) is 0 Å². The number of carbonyl (C=O) groups excluding carboxylic acids is 2. The zero-order chi connectivity index (χ0) is 14.8. The summed E-state index contributed by atoms with van der Waals surface area (Å²) >= 11 is 0. The first-order chi connectivity index (χ1) is 8.72. The third kappa shape index (κ3) is 3.04. The van der Waals surface area contributed by atoms with Gasteiger partial charge in [0.05, 0.1) is 18.2 Å². The van der Waals surface area contributed by atoms with Crippen molar-refractivity contribution >= 4 is 12.2 Å². The molecule has 0 aliphatic carbocycles. The highest BCUT2D eigenvalue weighted by Gasteiger charge is 2.37. The Morgan fingerprint density at radius 3 is 2.26 bits per heavy atom. The predicted molar refractivity (Wildman–Crippen MR) is 61.4 cm³/mol. The van der Waals surface area contributed by atoms with Gasteiger partial charge in [-0.2, -0.15) is 13.2 Å². The van der Waals surface area contributed by atoms with E-state index in [-0.39, 0.29) is 17.4 Å². The normalized spacial score (nSPS) is 11.1. The Hall–Kier alpha value is -2.05. The molecular formula is C12H12F3NO3. The monoisotopic (exact) mass is 275 g/mol. The van der Waals surface area contributed by atoms with E-state index in [1.165, 1.54) is 14.1 Å². The van der Waals surface area contributed by atoms with Gasteiger partial charge in [-0.05, 0) is 12.1 Å². The van der Waals surface area contributed by atoms with Gasteiger partial charge in [0, 0.05) is 19.7 Å². The molecule has 0 spiro atoms. The summed E-state index contributed by atoms with van der Waals surface area (Å²) in [5.41, 5.74) is -1.69. The van der Waals surface area contributed by atoms with Gasteiger partial charge in [-0.1, -0.05) is 0 Å². The molecule has 0 unspecified atom stereocenters. The first-order valence-electron chi connectivity index (χ1n) is 5.18. The molecule has 0 heterocycles. The van der Waals surface area contributed by atoms with Crippen LogP contribution < -0.4 is 4.74 Å². The van der Waals surface area contributed by atoms with Crippen molar-refractivity contribution in [3.8, 4) is 5.75 Å². The Balaban J connectivity index is 3.62. The Bertz CT molecular complexity index is 510. The topological polar surface area (TPSA) is 46.6 Å². The molecule has 0 aromatic heterocycles. The fraction of sp³-hybridized carbons (Fsp3) is 0.333. The Labute approximate surface area is 107 Å². The van der Waals surface area contributed by atoms with Crippen LogP contribution in [-0.2, 0) is 6.18 Å². The van der Waals surface area contributed by atoms with Crippen LogP contribution in [0, 0.1) is 0 Å². The van der Waals surface area contributed by atoms with E-state index in [4.69, 9.17) is 4.74 Å². The SMILES string of the molecule is COc1c(C(=O)N(C)C)cc(C=O)cc1C(F)(F)F. The van der Waals surface area contributed by atoms with Gasteiger partial charge in [-0.3, -0.25) is 9.59 Å². The van der Waals surface area contributed by atoms with Crippen molar-refractivity contribution in [1.82, 2.24) is 4.90 Å². The van der Waals surface area contributed by atoms with Gasteiger partial charge < -0.3 is 9.64 Å². The Kier molecular flexibility index (Phi) is 4.18. The number of rotatable bonds is 3. The van der Waals surface area contributed by atoms with Gasteiger partial charge in [-0.15, -0.1) is 0 Å². The minimum Gasteiger partial charge on any atom is -0.495 e. The fourth-order valence-corrected chi connectivity index (χ4v) is 1.55. The quantitative estimate of drug-likeness (QED) is 0.795. The van der Waals surface area contributed by atoms with E-state index in [1.807, 2.05) is 0 Å². The largest absolute Gasteiger partial charge is 0.495 e. The smallest absolute Gasteiger partial charge is 0.420 e. The molecule has 1 aromatic rings. The maximum absolute atomic E-state index is 12.9. The van der Waals surface area contributed by atoms with E-state index >= 15 is 0 Å². The maximum atomic E-state index is 12.9. The number of hydrogen-bond donors (Lipinski definition) is 0. The van der Waals surface area contributed by atoms with E-state index in [1.54, 1.807) is 0 Å². The van der Waals surface area contributed by atoms with Crippen LogP contribution >= 0.6 is 0 Å². The molecule has 0 bridgehead atoms. The van der Waals surface area contributed by atoms with Crippen molar-refractivity contribution in [3.63, 3.8) is 0 Å². The van der Waals surface area contributed by atoms with Crippen LogP contribution in [0.3, 0.4) is 0 Å². The lowest BCUT2D eigenvalue weighted by molar-refractivity contribution is -0.138. The van der Waals surface area contributed by atoms with Crippen LogP contribution in [0.15, 0.2) is 12.1 Å². The lowest BCUT2D eigenvalue weighted by Crippen LogP contribution is -2.23. The summed E-state index contributed by atoms with van der Waals surface area (Å²) in [6, 6.07) is 1.72. The van der Waals surface area contributed by atoms with Crippen LogP contribution in [-0.4, -0.2) is 38.3 Å². The molecule has 0 aliphatic rings. The van der Waals surface area contributed by atoms with Crippen molar-refractivity contribution in [2.75, 3.05) is 21.2 Å². The molecule has 104 valence electrons. The van der Waals surface area contributed by atoms with Gasteiger partial charge in [-0.25, -0.2) is 0 Å². The molecule has 0 N–H and O–H groups in total. The number of aldehydes is 1. The molecule has 1 aromatic carbocycles. The number of ether oxygens (including phenoxy) is 1. The summed E-state index contributed by atoms with van der Waals surface area (Å²) in [5, 5.41) is 0. The second-order valence-electron chi connectivity index (χ2n) is 3.96. The lowest BCUT2D eigenvalue weighted by atomic mass is 10.0. The highest BCUT2D eigenvalue weighted by molar-refractivity contribution is 5.98. The van der Waals surface area contributed by atoms with E-state index in [9.17, 15) is 22.8 Å². The average molecular weight is 275 g/mol. The summed E-state index contributed by atoms with van der Waals surface area (Å²) in [5.74, 6) is -1.26. The molecule has 0 aliphatic heterocycles. The number of amides is 1. The van der Waals surface area contributed by atoms with Crippen molar-refractivity contribution in [2.45, 2.75) is 6.18 Å². The van der Waals surface area contributed by atoms with Crippen LogP contribution in [0.1, 0.15) is 26.3 Å². The zero-order valence-electron chi connectivity index (χ0n) is 10.5. The molecule has 1 rings (SSSR count). The lowest BCUT2D eigenvalue weighted by Gasteiger charge is -2.18. The minimum atomic E-state index is -4.72. The minimum absolute atomic E-state index is 0.238. The van der Waals surface area contributed by atoms with Gasteiger partial charge >= 0.3 is 6.18 Å². The van der Waals surface area contributed by atoms with E-state index in [0.29, 0.717) is 6.07 Å². The maximum Gasteiger partial charge on any atom is 0.420 e. The third-order valence-electron chi connectivity index (χ3n) is 2.39. The number of benzene rings is 1. The van der Waals surface area contributed by atoms with Crippen molar-refractivity contribution in [2.24, 2.45) is 0 Å². The molecule has 19 heavy (non-hydrogen) atoms. The van der Waals surface area contributed by atoms with Crippen molar-refractivity contribution in [1.29, 1.82) is 0 Å². The molecule has 7 heteroatoms. The molecule has 0 atom stereocenters. The number of carbonyl (C=O) groups is 2. The second-order valence-corrected chi connectivity index (χ2v) is 3.96. The first-order valence-corrected chi connectivity index (χ1v) is 5.18. The van der Waals surface area contributed by atoms with Crippen LogP contribution in [0.25, 0.3) is 0 Å². The van der Waals surface area contributed by atoms with Gasteiger partial charge in [0.15, 0.2) is 0 Å². The average Bonchev–Trinajstić information content (AvgIpc) is 2.34. The van der Waals surface area contributed by atoms with E-state index in [2.05, 4.69) is 0 Å². The number of alkyl halides is 3. The van der Waals surface area contributed by atoms with E-state index in [0.717, 1.165) is 18.1 Å². The van der Waals surface area contributed by atoms with Gasteiger partial charge in [0.25, 0.3) is 5.91 Å². The number of nitrogens with zero attached hydrogens (tertiary/aromatic N) is 1. The molecule has 0 radical (unpaired) electrons. The van der Waals surface area contributed by atoms with Crippen LogP contribution in [0.5, 0.6) is 5.75 Å². The fourth-order valence-electron chi connectivity index (χ4n) is 1.55. The Morgan fingerprint density at radius 2 is 1.89 bits per heavy atom. The molecule has 0 fully saturated rings. The highest BCUT2D eigenvalue weighted by atomic mass is 19.4. The molecule has 0 saturated carbocycles. The summed E-state index contributed by atoms with van der Waals surface area (Å²) in [6.45, 7) is 0. The number of methoxy groups -OCH3 is 1. The molecule has 1 amide bonds. The summed E-state index contributed by atoms with van der Waals surface area (Å²) < 4.78 is 43.3. The second kappa shape index (κ2) is 5.29. The summed E-state index contributed by atoms with van der Waals surface area (Å²) in [7, 11) is 3.82. The summed E-state index contributed by atoms with van der Waals surface area (Å²) in [6.07, 6.45) is -4.47. The highest BCUT2D eigenvalue weighted by Crippen LogP contribution is 2.39. The zero-order valence-corrected chi connectivity index (χ0v) is 10.5. The summed E-state index contributed by atoms with van der Waals surface area (Å²) in [4.78, 5) is 23.6. The van der Waals surface area contributed by atoms with E-state index < -0.39 is 23.4 Å². The first kappa shape index (κ1) is 15.0. The number of hydrogen-bond acceptors (Lipinski definition) is 3. The van der Waals surface area contributed by atoms with Crippen LogP contribution in [0.4, 0.5) is 13.2 Å². The third-order valence-corrected chi connectivity index (χ3v) is 2.39. The van der Waals surface area contributed by atoms with Crippen molar-refractivity contribution in [3.05, 3.63) is 28.8 Å². The standard InChI is InChI=1S/C12H12F3NO3/c1-16(2)11(18)8-4-7(6-17)5-9(10(8)19-3)12(13,14)15/h4-6H,1-3H3. The Morgan fingerprint density at radius 1 is 1.32 bits per heavy atom. The number of halogens is 3. The molecule has 4 nitrogen and oxygen atoms in total. The van der Waals surface area contributed by atoms with Gasteiger partial charge in [0.1, 0.15) is 12.0 Å². The van der Waals surface area contributed by atoms with Gasteiger partial charge in [0.2, 0.25) is 0 Å². The molecular weight excluding hydrogens is 263 g/mol. The predicted octanol–water partition coefficient (Wildman–Crippen LogP) is 2.23.